The molecule has 1 saturated heterocycles. The number of likely N-dealkylation sites (tertiary alicyclic amines) is 1. The van der Waals surface area contributed by atoms with Crippen LogP contribution in [0.25, 0.3) is 0 Å². The van der Waals surface area contributed by atoms with Crippen molar-refractivity contribution in [1.82, 2.24) is 14.9 Å². The van der Waals surface area contributed by atoms with Crippen LogP contribution in [0.5, 0.6) is 0 Å². The molecule has 3 rings (SSSR count). The number of fused-ring (bicyclic) bond motifs is 1. The second-order valence-corrected chi connectivity index (χ2v) is 5.90. The van der Waals surface area contributed by atoms with E-state index >= 15 is 0 Å². The average Bonchev–Trinajstić information content (AvgIpc) is 2.86. The lowest BCUT2D eigenvalue weighted by atomic mass is 9.84. The standard InChI is InChI=1S/C15H19N3O3/c1-9-16-7-6-11(17-9)14(19)18-12-5-3-2-4-10(12)8-13(18)15(20)21/h6-7,10,12-13H,2-5,8H2,1H3,(H,20,21)/t10-,12-,13-/m0/s1. The van der Waals surface area contributed by atoms with Crippen LogP contribution >= 0.6 is 0 Å². The van der Waals surface area contributed by atoms with Gasteiger partial charge in [0.25, 0.3) is 5.91 Å². The van der Waals surface area contributed by atoms with Crippen LogP contribution in [-0.2, 0) is 4.79 Å². The van der Waals surface area contributed by atoms with Gasteiger partial charge in [0, 0.05) is 12.2 Å². The molecule has 2 heterocycles. The molecular weight excluding hydrogens is 270 g/mol. The number of aliphatic carboxylic acids is 1. The minimum Gasteiger partial charge on any atom is -0.480 e. The Morgan fingerprint density at radius 1 is 1.33 bits per heavy atom. The van der Waals surface area contributed by atoms with Crippen LogP contribution in [0.4, 0.5) is 0 Å². The highest BCUT2D eigenvalue weighted by molar-refractivity contribution is 5.95. The molecule has 1 aromatic rings. The highest BCUT2D eigenvalue weighted by Crippen LogP contribution is 2.40. The molecule has 6 heteroatoms. The zero-order chi connectivity index (χ0) is 15.0. The van der Waals surface area contributed by atoms with Gasteiger partial charge in [0.2, 0.25) is 0 Å². The Morgan fingerprint density at radius 2 is 2.10 bits per heavy atom. The molecule has 1 aliphatic heterocycles. The van der Waals surface area contributed by atoms with Gasteiger partial charge in [0.15, 0.2) is 0 Å². The van der Waals surface area contributed by atoms with Gasteiger partial charge in [-0.25, -0.2) is 14.8 Å². The van der Waals surface area contributed by atoms with E-state index in [1.165, 1.54) is 0 Å². The number of carbonyl (C=O) groups excluding carboxylic acids is 1. The summed E-state index contributed by atoms with van der Waals surface area (Å²) in [6.45, 7) is 1.72. The van der Waals surface area contributed by atoms with Crippen molar-refractivity contribution in [2.45, 2.75) is 51.1 Å². The molecule has 1 aromatic heterocycles. The summed E-state index contributed by atoms with van der Waals surface area (Å²) in [5.41, 5.74) is 0.292. The molecule has 3 atom stereocenters. The van der Waals surface area contributed by atoms with Crippen molar-refractivity contribution in [2.75, 3.05) is 0 Å². The number of aromatic nitrogens is 2. The van der Waals surface area contributed by atoms with E-state index < -0.39 is 12.0 Å². The van der Waals surface area contributed by atoms with E-state index in [1.54, 1.807) is 24.1 Å². The summed E-state index contributed by atoms with van der Waals surface area (Å²) in [6.07, 6.45) is 6.20. The summed E-state index contributed by atoms with van der Waals surface area (Å²) in [6, 6.07) is 0.883. The first-order chi connectivity index (χ1) is 10.1. The maximum absolute atomic E-state index is 12.7. The molecule has 1 amide bonds. The number of carboxylic acids is 1. The summed E-state index contributed by atoms with van der Waals surface area (Å²) in [7, 11) is 0. The Hall–Kier alpha value is -1.98. The van der Waals surface area contributed by atoms with Crippen LogP contribution in [0.2, 0.25) is 0 Å². The van der Waals surface area contributed by atoms with Crippen molar-refractivity contribution >= 4 is 11.9 Å². The van der Waals surface area contributed by atoms with E-state index in [1.807, 2.05) is 0 Å². The molecule has 0 radical (unpaired) electrons. The Labute approximate surface area is 123 Å². The van der Waals surface area contributed by atoms with Crippen molar-refractivity contribution in [3.05, 3.63) is 23.8 Å². The Balaban J connectivity index is 1.92. The predicted molar refractivity (Wildman–Crippen MR) is 74.7 cm³/mol. The molecule has 0 aromatic carbocycles. The monoisotopic (exact) mass is 289 g/mol. The van der Waals surface area contributed by atoms with Crippen LogP contribution in [0.15, 0.2) is 12.3 Å². The lowest BCUT2D eigenvalue weighted by molar-refractivity contribution is -0.141. The molecule has 1 aliphatic carbocycles. The normalized spacial score (nSPS) is 28.2. The van der Waals surface area contributed by atoms with Crippen molar-refractivity contribution in [3.8, 4) is 0 Å². The van der Waals surface area contributed by atoms with E-state index in [0.29, 0.717) is 23.9 Å². The molecular formula is C15H19N3O3. The fourth-order valence-electron chi connectivity index (χ4n) is 3.68. The van der Waals surface area contributed by atoms with Gasteiger partial charge in [-0.05, 0) is 38.2 Å². The molecule has 1 N–H and O–H groups in total. The minimum atomic E-state index is -0.913. The Morgan fingerprint density at radius 3 is 2.81 bits per heavy atom. The highest BCUT2D eigenvalue weighted by atomic mass is 16.4. The van der Waals surface area contributed by atoms with Gasteiger partial charge >= 0.3 is 5.97 Å². The number of amides is 1. The van der Waals surface area contributed by atoms with Crippen LogP contribution in [-0.4, -0.2) is 43.9 Å². The zero-order valence-electron chi connectivity index (χ0n) is 12.0. The van der Waals surface area contributed by atoms with Crippen LogP contribution in [0.1, 0.15) is 48.4 Å². The number of rotatable bonds is 2. The SMILES string of the molecule is Cc1nccc(C(=O)N2[C@H](C(=O)O)C[C@@H]3CCCC[C@@H]32)n1. The number of hydrogen-bond acceptors (Lipinski definition) is 4. The van der Waals surface area contributed by atoms with Crippen molar-refractivity contribution < 1.29 is 14.7 Å². The number of carboxylic acid groups (broad SMARTS) is 1. The van der Waals surface area contributed by atoms with Gasteiger partial charge in [0.05, 0.1) is 0 Å². The summed E-state index contributed by atoms with van der Waals surface area (Å²) in [4.78, 5) is 34.0. The van der Waals surface area contributed by atoms with Crippen molar-refractivity contribution in [3.63, 3.8) is 0 Å². The third-order valence-corrected chi connectivity index (χ3v) is 4.60. The minimum absolute atomic E-state index is 0.0441. The third-order valence-electron chi connectivity index (χ3n) is 4.60. The quantitative estimate of drug-likeness (QED) is 0.895. The van der Waals surface area contributed by atoms with Crippen molar-refractivity contribution in [2.24, 2.45) is 5.92 Å². The first-order valence-corrected chi connectivity index (χ1v) is 7.43. The summed E-state index contributed by atoms with van der Waals surface area (Å²) in [5.74, 6) is -0.357. The lowest BCUT2D eigenvalue weighted by Gasteiger charge is -2.32. The number of hydrogen-bond donors (Lipinski definition) is 1. The maximum atomic E-state index is 12.7. The zero-order valence-corrected chi connectivity index (χ0v) is 12.0. The van der Waals surface area contributed by atoms with Crippen LogP contribution in [0, 0.1) is 12.8 Å². The van der Waals surface area contributed by atoms with Crippen LogP contribution in [0.3, 0.4) is 0 Å². The number of nitrogens with zero attached hydrogens (tertiary/aromatic N) is 3. The summed E-state index contributed by atoms with van der Waals surface area (Å²) < 4.78 is 0. The number of carbonyl (C=O) groups is 2. The Kier molecular flexibility index (Phi) is 3.61. The molecule has 0 spiro atoms. The van der Waals surface area contributed by atoms with Gasteiger partial charge in [-0.3, -0.25) is 4.79 Å². The largest absolute Gasteiger partial charge is 0.480 e. The Bertz CT molecular complexity index is 575. The van der Waals surface area contributed by atoms with E-state index in [4.69, 9.17) is 0 Å². The van der Waals surface area contributed by atoms with E-state index in [9.17, 15) is 14.7 Å². The van der Waals surface area contributed by atoms with Crippen molar-refractivity contribution in [1.29, 1.82) is 0 Å². The molecule has 1 saturated carbocycles. The third kappa shape index (κ3) is 2.50. The lowest BCUT2D eigenvalue weighted by Crippen LogP contribution is -2.46. The molecule has 112 valence electrons. The van der Waals surface area contributed by atoms with E-state index in [0.717, 1.165) is 25.7 Å². The second kappa shape index (κ2) is 5.42. The predicted octanol–water partition coefficient (Wildman–Crippen LogP) is 1.64. The average molecular weight is 289 g/mol. The molecule has 0 unspecified atom stereocenters. The van der Waals surface area contributed by atoms with Gasteiger partial charge in [-0.15, -0.1) is 0 Å². The van der Waals surface area contributed by atoms with E-state index in [2.05, 4.69) is 9.97 Å². The topological polar surface area (TPSA) is 83.4 Å². The van der Waals surface area contributed by atoms with Gasteiger partial charge in [-0.2, -0.15) is 0 Å². The molecule has 0 bridgehead atoms. The molecule has 2 aliphatic rings. The van der Waals surface area contributed by atoms with Gasteiger partial charge in [-0.1, -0.05) is 12.8 Å². The fourth-order valence-corrected chi connectivity index (χ4v) is 3.68. The molecule has 21 heavy (non-hydrogen) atoms. The number of aryl methyl sites for hydroxylation is 1. The second-order valence-electron chi connectivity index (χ2n) is 5.90. The fraction of sp³-hybridized carbons (Fsp3) is 0.600. The first-order valence-electron chi connectivity index (χ1n) is 7.43. The van der Waals surface area contributed by atoms with Gasteiger partial charge < -0.3 is 10.0 Å². The van der Waals surface area contributed by atoms with Crippen LogP contribution < -0.4 is 0 Å². The maximum Gasteiger partial charge on any atom is 0.326 e. The van der Waals surface area contributed by atoms with E-state index in [-0.39, 0.29) is 11.9 Å². The molecule has 6 nitrogen and oxygen atoms in total. The summed E-state index contributed by atoms with van der Waals surface area (Å²) >= 11 is 0. The smallest absolute Gasteiger partial charge is 0.326 e. The summed E-state index contributed by atoms with van der Waals surface area (Å²) in [5, 5.41) is 9.45. The molecule has 2 fully saturated rings. The van der Waals surface area contributed by atoms with Gasteiger partial charge in [0.1, 0.15) is 17.6 Å². The highest BCUT2D eigenvalue weighted by Gasteiger charge is 2.47. The first kappa shape index (κ1) is 14.0.